The summed E-state index contributed by atoms with van der Waals surface area (Å²) in [4.78, 5) is 38.0. The zero-order valence-corrected chi connectivity index (χ0v) is 35.9. The molecule has 2 fully saturated rings. The summed E-state index contributed by atoms with van der Waals surface area (Å²) in [7, 11) is 4.10. The van der Waals surface area contributed by atoms with Crippen LogP contribution in [-0.2, 0) is 21.9 Å². The molecule has 6 rings (SSSR count). The zero-order chi connectivity index (χ0) is 45.3. The quantitative estimate of drug-likeness (QED) is 0.137. The van der Waals surface area contributed by atoms with Gasteiger partial charge in [-0.15, -0.1) is 0 Å². The Morgan fingerprint density at radius 3 is 1.29 bits per heavy atom. The number of hydrogen-bond acceptors (Lipinski definition) is 8. The van der Waals surface area contributed by atoms with Crippen LogP contribution in [0.5, 0.6) is 11.8 Å². The van der Waals surface area contributed by atoms with Gasteiger partial charge in [0.25, 0.3) is 0 Å². The van der Waals surface area contributed by atoms with Crippen molar-refractivity contribution in [1.29, 1.82) is 0 Å². The van der Waals surface area contributed by atoms with Gasteiger partial charge in [0.1, 0.15) is 24.3 Å². The number of nitrogens with one attached hydrogen (secondary N) is 2. The summed E-state index contributed by atoms with van der Waals surface area (Å²) in [5.41, 5.74) is -1.68. The number of ether oxygens (including phenoxy) is 2. The van der Waals surface area contributed by atoms with Crippen LogP contribution < -0.4 is 20.1 Å². The number of likely N-dealkylation sites (N-methyl/N-ethyl adjacent to an activating group) is 2. The highest BCUT2D eigenvalue weighted by Gasteiger charge is 2.40. The van der Waals surface area contributed by atoms with Crippen LogP contribution in [0.3, 0.4) is 0 Å². The first-order valence-corrected chi connectivity index (χ1v) is 20.5. The molecule has 62 heavy (non-hydrogen) atoms. The highest BCUT2D eigenvalue weighted by atomic mass is 19.4. The minimum absolute atomic E-state index is 0.0639. The monoisotopic (exact) mass is 870 g/mol. The molecular formula is C46H56F6N6O4. The molecule has 2 amide bonds. The lowest BCUT2D eigenvalue weighted by Gasteiger charge is -2.39. The SMILES string of the molecule is CN1CC[C@@H](NC(=O)C(C)(C)COc2ncccc2C(F)(F)F)[C@@H](c2ccccc2)C1.CN1CC[C@H](NC(=O)C(C)(C)COc2ncccc2C(F)(F)F)[C@H](c2ccccc2)C1. The summed E-state index contributed by atoms with van der Waals surface area (Å²) in [6.07, 6.45) is -5.10. The van der Waals surface area contributed by atoms with Crippen LogP contribution in [0.4, 0.5) is 26.3 Å². The van der Waals surface area contributed by atoms with Crippen LogP contribution in [0.15, 0.2) is 97.3 Å². The van der Waals surface area contributed by atoms with Gasteiger partial charge in [-0.05, 0) is 103 Å². The van der Waals surface area contributed by atoms with Crippen molar-refractivity contribution >= 4 is 11.8 Å². The maximum atomic E-state index is 13.2. The van der Waals surface area contributed by atoms with Crippen LogP contribution in [0.2, 0.25) is 0 Å². The third-order valence-corrected chi connectivity index (χ3v) is 11.2. The number of nitrogens with zero attached hydrogens (tertiary/aromatic N) is 4. The van der Waals surface area contributed by atoms with Gasteiger partial charge in [-0.1, -0.05) is 60.7 Å². The number of piperidine rings is 2. The van der Waals surface area contributed by atoms with E-state index in [9.17, 15) is 35.9 Å². The van der Waals surface area contributed by atoms with E-state index in [2.05, 4.69) is 68.8 Å². The molecule has 2 N–H and O–H groups in total. The van der Waals surface area contributed by atoms with Gasteiger partial charge in [0.2, 0.25) is 23.6 Å². The summed E-state index contributed by atoms with van der Waals surface area (Å²) in [6.45, 7) is 9.53. The first kappa shape index (κ1) is 47.8. The lowest BCUT2D eigenvalue weighted by molar-refractivity contribution is -0.141. The fourth-order valence-electron chi connectivity index (χ4n) is 7.45. The molecule has 4 atom stereocenters. The van der Waals surface area contributed by atoms with Crippen molar-refractivity contribution in [3.05, 3.63) is 120 Å². The van der Waals surface area contributed by atoms with Gasteiger partial charge in [-0.3, -0.25) is 9.59 Å². The minimum atomic E-state index is -4.58. The van der Waals surface area contributed by atoms with Gasteiger partial charge < -0.3 is 29.9 Å². The van der Waals surface area contributed by atoms with Gasteiger partial charge in [-0.2, -0.15) is 26.3 Å². The normalized spacial score (nSPS) is 20.3. The Balaban J connectivity index is 0.000000234. The van der Waals surface area contributed by atoms with Crippen molar-refractivity contribution in [2.24, 2.45) is 10.8 Å². The van der Waals surface area contributed by atoms with E-state index in [0.29, 0.717) is 0 Å². The van der Waals surface area contributed by atoms with Crippen LogP contribution in [-0.4, -0.2) is 97.2 Å². The maximum absolute atomic E-state index is 13.2. The Morgan fingerprint density at radius 1 is 0.597 bits per heavy atom. The van der Waals surface area contributed by atoms with E-state index >= 15 is 0 Å². The molecule has 2 aliphatic heterocycles. The van der Waals surface area contributed by atoms with E-state index in [4.69, 9.17) is 9.47 Å². The van der Waals surface area contributed by atoms with Crippen LogP contribution >= 0.6 is 0 Å². The molecular weight excluding hydrogens is 815 g/mol. The number of alkyl halides is 6. The second kappa shape index (κ2) is 20.3. The van der Waals surface area contributed by atoms with Crippen LogP contribution in [0, 0.1) is 10.8 Å². The Hall–Kier alpha value is -5.22. The molecule has 16 heteroatoms. The minimum Gasteiger partial charge on any atom is -0.476 e. The first-order valence-electron chi connectivity index (χ1n) is 20.5. The molecule has 2 saturated heterocycles. The number of likely N-dealkylation sites (tertiary alicyclic amines) is 2. The third kappa shape index (κ3) is 12.9. The highest BCUT2D eigenvalue weighted by Crippen LogP contribution is 2.37. The number of benzene rings is 2. The molecule has 2 aromatic heterocycles. The van der Waals surface area contributed by atoms with Crippen molar-refractivity contribution in [3.63, 3.8) is 0 Å². The highest BCUT2D eigenvalue weighted by molar-refractivity contribution is 5.83. The van der Waals surface area contributed by atoms with Crippen LogP contribution in [0.1, 0.15) is 74.6 Å². The van der Waals surface area contributed by atoms with Crippen molar-refractivity contribution in [3.8, 4) is 11.8 Å². The number of carbonyl (C=O) groups is 2. The Morgan fingerprint density at radius 2 is 0.952 bits per heavy atom. The fraction of sp³-hybridized carbons (Fsp3) is 0.478. The number of hydrogen-bond donors (Lipinski definition) is 2. The first-order chi connectivity index (χ1) is 29.2. The molecule has 336 valence electrons. The second-order valence-corrected chi connectivity index (χ2v) is 17.3. The van der Waals surface area contributed by atoms with Crippen molar-refractivity contribution < 1.29 is 45.4 Å². The van der Waals surface area contributed by atoms with E-state index in [0.717, 1.165) is 62.3 Å². The molecule has 0 saturated carbocycles. The molecule has 10 nitrogen and oxygen atoms in total. The maximum Gasteiger partial charge on any atom is 0.421 e. The summed E-state index contributed by atoms with van der Waals surface area (Å²) >= 11 is 0. The number of rotatable bonds is 12. The van der Waals surface area contributed by atoms with Gasteiger partial charge in [0, 0.05) is 49.4 Å². The van der Waals surface area contributed by atoms with E-state index in [1.54, 1.807) is 27.7 Å². The van der Waals surface area contributed by atoms with Crippen molar-refractivity contribution in [2.45, 2.75) is 76.8 Å². The Bertz CT molecular complexity index is 1920. The van der Waals surface area contributed by atoms with Gasteiger partial charge >= 0.3 is 12.4 Å². The molecule has 0 spiro atoms. The molecule has 0 unspecified atom stereocenters. The average Bonchev–Trinajstić information content (AvgIpc) is 3.24. The number of amides is 2. The van der Waals surface area contributed by atoms with Crippen LogP contribution in [0.25, 0.3) is 0 Å². The van der Waals surface area contributed by atoms with Crippen molar-refractivity contribution in [1.82, 2.24) is 30.4 Å². The Kier molecular flexibility index (Phi) is 15.7. The number of aromatic nitrogens is 2. The van der Waals surface area contributed by atoms with Gasteiger partial charge in [0.05, 0.1) is 10.8 Å². The standard InChI is InChI=1S/2C23H28F3N3O2/c2*1-22(2,15-31-20-18(23(24,25)26)10-7-12-27-20)21(30)28-19-11-13-29(3)14-17(19)16-8-5-4-6-9-16/h2*4-10,12,17,19H,11,13-15H2,1-3H3,(H,28,30)/t2*17-,19-/m10/s1. The summed E-state index contributed by atoms with van der Waals surface area (Å²) in [5, 5.41) is 6.24. The lowest BCUT2D eigenvalue weighted by atomic mass is 9.84. The van der Waals surface area contributed by atoms with E-state index < -0.39 is 46.1 Å². The smallest absolute Gasteiger partial charge is 0.421 e. The molecule has 4 aromatic rings. The fourth-order valence-corrected chi connectivity index (χ4v) is 7.45. The van der Waals surface area contributed by atoms with Gasteiger partial charge in [0.15, 0.2) is 0 Å². The van der Waals surface area contributed by atoms with Crippen molar-refractivity contribution in [2.75, 3.05) is 53.5 Å². The zero-order valence-electron chi connectivity index (χ0n) is 35.9. The number of pyridine rings is 2. The largest absolute Gasteiger partial charge is 0.476 e. The summed E-state index contributed by atoms with van der Waals surface area (Å²) in [5.74, 6) is -1.28. The molecule has 2 aliphatic rings. The number of halogens is 6. The average molecular weight is 871 g/mol. The predicted molar refractivity (Wildman–Crippen MR) is 223 cm³/mol. The molecule has 0 radical (unpaired) electrons. The Labute approximate surface area is 359 Å². The topological polar surface area (TPSA) is 109 Å². The summed E-state index contributed by atoms with van der Waals surface area (Å²) in [6, 6.07) is 24.1. The summed E-state index contributed by atoms with van der Waals surface area (Å²) < 4.78 is 89.7. The van der Waals surface area contributed by atoms with Gasteiger partial charge in [-0.25, -0.2) is 9.97 Å². The second-order valence-electron chi connectivity index (χ2n) is 17.3. The number of carbonyl (C=O) groups excluding carboxylic acids is 2. The molecule has 0 aliphatic carbocycles. The third-order valence-electron chi connectivity index (χ3n) is 11.2. The molecule has 0 bridgehead atoms. The lowest BCUT2D eigenvalue weighted by Crippen LogP contribution is -2.52. The predicted octanol–water partition coefficient (Wildman–Crippen LogP) is 8.22. The molecule has 2 aromatic carbocycles. The van der Waals surface area contributed by atoms with E-state index in [1.807, 2.05) is 36.4 Å². The van der Waals surface area contributed by atoms with E-state index in [1.165, 1.54) is 24.5 Å². The molecule has 4 heterocycles. The van der Waals surface area contributed by atoms with E-state index in [-0.39, 0.29) is 48.9 Å².